The van der Waals surface area contributed by atoms with Crippen LogP contribution in [0.15, 0.2) is 96.6 Å². The Kier molecular flexibility index (Phi) is 4.35. The minimum absolute atomic E-state index is 1.15. The molecule has 0 unspecified atom stereocenters. The summed E-state index contributed by atoms with van der Waals surface area (Å²) in [4.78, 5) is 0. The second-order valence-electron chi connectivity index (χ2n) is 6.73. The molecule has 0 aromatic heterocycles. The predicted molar refractivity (Wildman–Crippen MR) is 108 cm³/mol. The van der Waals surface area contributed by atoms with Crippen LogP contribution in [0.5, 0.6) is 0 Å². The van der Waals surface area contributed by atoms with Crippen LogP contribution in [-0.2, 0) is 0 Å². The lowest BCUT2D eigenvalue weighted by atomic mass is 9.92. The maximum atomic E-state index is 2.27. The van der Waals surface area contributed by atoms with Crippen molar-refractivity contribution >= 4 is 5.57 Å². The Morgan fingerprint density at radius 1 is 0.480 bits per heavy atom. The molecule has 0 heteroatoms. The molecule has 3 aromatic carbocycles. The molecule has 0 fully saturated rings. The smallest absolute Gasteiger partial charge is 0.0184 e. The molecule has 0 nitrogen and oxygen atoms in total. The molecule has 1 aliphatic carbocycles. The van der Waals surface area contributed by atoms with E-state index in [0.29, 0.717) is 0 Å². The molecular formula is C25H22. The van der Waals surface area contributed by atoms with Crippen molar-refractivity contribution in [3.8, 4) is 22.3 Å². The van der Waals surface area contributed by atoms with Crippen molar-refractivity contribution < 1.29 is 0 Å². The Morgan fingerprint density at radius 3 is 1.44 bits per heavy atom. The van der Waals surface area contributed by atoms with Crippen molar-refractivity contribution in [1.82, 2.24) is 0 Å². The van der Waals surface area contributed by atoms with Gasteiger partial charge in [0.25, 0.3) is 0 Å². The number of rotatable bonds is 3. The van der Waals surface area contributed by atoms with Gasteiger partial charge in [0, 0.05) is 0 Å². The average Bonchev–Trinajstić information content (AvgIpc) is 2.70. The van der Waals surface area contributed by atoms with Crippen molar-refractivity contribution in [1.29, 1.82) is 0 Å². The lowest BCUT2D eigenvalue weighted by molar-refractivity contribution is 0.977. The van der Waals surface area contributed by atoms with Gasteiger partial charge in [-0.05, 0) is 53.2 Å². The van der Waals surface area contributed by atoms with Gasteiger partial charge < -0.3 is 0 Å². The van der Waals surface area contributed by atoms with Crippen LogP contribution in [0.4, 0.5) is 0 Å². The van der Waals surface area contributed by atoms with Crippen LogP contribution in [0.1, 0.15) is 25.3 Å². The summed E-state index contributed by atoms with van der Waals surface area (Å²) < 4.78 is 0. The van der Waals surface area contributed by atoms with E-state index >= 15 is 0 Å². The highest BCUT2D eigenvalue weighted by Gasteiger charge is 2.06. The zero-order chi connectivity index (χ0) is 17.1. The van der Waals surface area contributed by atoms with Gasteiger partial charge in [-0.1, -0.05) is 96.6 Å². The first kappa shape index (κ1) is 15.7. The third-order valence-corrected chi connectivity index (χ3v) is 4.94. The van der Waals surface area contributed by atoms with Gasteiger partial charge in [-0.2, -0.15) is 0 Å². The van der Waals surface area contributed by atoms with Gasteiger partial charge in [0.05, 0.1) is 0 Å². The van der Waals surface area contributed by atoms with E-state index in [9.17, 15) is 0 Å². The quantitative estimate of drug-likeness (QED) is 0.480. The lowest BCUT2D eigenvalue weighted by Gasteiger charge is -2.13. The first-order valence-corrected chi connectivity index (χ1v) is 8.92. The molecule has 0 bridgehead atoms. The summed E-state index contributed by atoms with van der Waals surface area (Å²) in [5, 5.41) is 0. The average molecular weight is 322 g/mol. The molecule has 0 N–H and O–H groups in total. The molecule has 0 saturated carbocycles. The van der Waals surface area contributed by atoms with Crippen molar-refractivity contribution in [3.63, 3.8) is 0 Å². The van der Waals surface area contributed by atoms with Crippen LogP contribution >= 0.6 is 0 Å². The molecule has 1 aliphatic rings. The molecular weight excluding hydrogens is 300 g/mol. The molecule has 122 valence electrons. The van der Waals surface area contributed by atoms with Crippen molar-refractivity contribution in [2.24, 2.45) is 0 Å². The van der Waals surface area contributed by atoms with Crippen LogP contribution in [0.25, 0.3) is 27.8 Å². The summed E-state index contributed by atoms with van der Waals surface area (Å²) in [7, 11) is 0. The van der Waals surface area contributed by atoms with Crippen molar-refractivity contribution in [2.45, 2.75) is 19.8 Å². The number of allylic oxidation sites excluding steroid dienone is 4. The van der Waals surface area contributed by atoms with E-state index in [-0.39, 0.29) is 0 Å². The second kappa shape index (κ2) is 6.94. The molecule has 0 radical (unpaired) electrons. The normalized spacial score (nSPS) is 14.0. The second-order valence-corrected chi connectivity index (χ2v) is 6.73. The largest absolute Gasteiger partial charge is 0.0730 e. The van der Waals surface area contributed by atoms with Crippen LogP contribution in [-0.4, -0.2) is 0 Å². The summed E-state index contributed by atoms with van der Waals surface area (Å²) in [5.41, 5.74) is 9.31. The Balaban J connectivity index is 1.56. The fourth-order valence-corrected chi connectivity index (χ4v) is 3.34. The molecule has 0 atom stereocenters. The first-order chi connectivity index (χ1) is 12.3. The van der Waals surface area contributed by atoms with E-state index in [1.807, 2.05) is 0 Å². The molecule has 0 saturated heterocycles. The third-order valence-electron chi connectivity index (χ3n) is 4.94. The maximum Gasteiger partial charge on any atom is -0.0184 e. The molecule has 0 aliphatic heterocycles. The Hall–Kier alpha value is -2.86. The maximum absolute atomic E-state index is 2.27. The highest BCUT2D eigenvalue weighted by atomic mass is 14.1. The standard InChI is InChI=1S/C25H22/c1-19-7-9-21(10-8-19)23-15-17-25(18-16-23)24-13-11-22(12-14-24)20-5-3-2-4-6-20/h2-7,9,11-18H,8,10H2,1H3. The fourth-order valence-electron chi connectivity index (χ4n) is 3.34. The van der Waals surface area contributed by atoms with E-state index in [2.05, 4.69) is 97.9 Å². The van der Waals surface area contributed by atoms with Gasteiger partial charge in [-0.3, -0.25) is 0 Å². The number of hydrogen-bond acceptors (Lipinski definition) is 0. The number of hydrogen-bond donors (Lipinski definition) is 0. The van der Waals surface area contributed by atoms with Gasteiger partial charge in [-0.25, -0.2) is 0 Å². The van der Waals surface area contributed by atoms with Crippen LogP contribution in [0, 0.1) is 0 Å². The first-order valence-electron chi connectivity index (χ1n) is 8.92. The van der Waals surface area contributed by atoms with Crippen molar-refractivity contribution in [3.05, 3.63) is 102 Å². The summed E-state index contributed by atoms with van der Waals surface area (Å²) in [6.07, 6.45) is 6.83. The Labute approximate surface area is 150 Å². The molecule has 3 aromatic rings. The molecule has 4 rings (SSSR count). The molecule has 0 spiro atoms. The topological polar surface area (TPSA) is 0 Å². The SMILES string of the molecule is CC1=CC=C(c2ccc(-c3ccc(-c4ccccc4)cc3)cc2)CC1. The van der Waals surface area contributed by atoms with E-state index in [4.69, 9.17) is 0 Å². The zero-order valence-corrected chi connectivity index (χ0v) is 14.6. The molecule has 25 heavy (non-hydrogen) atoms. The molecule has 0 heterocycles. The van der Waals surface area contributed by atoms with Crippen LogP contribution in [0.3, 0.4) is 0 Å². The molecule has 0 amide bonds. The van der Waals surface area contributed by atoms with Crippen LogP contribution in [0.2, 0.25) is 0 Å². The number of benzene rings is 3. The van der Waals surface area contributed by atoms with E-state index < -0.39 is 0 Å². The van der Waals surface area contributed by atoms with Crippen LogP contribution < -0.4 is 0 Å². The lowest BCUT2D eigenvalue weighted by Crippen LogP contribution is -1.91. The third kappa shape index (κ3) is 3.49. The predicted octanol–water partition coefficient (Wildman–Crippen LogP) is 7.14. The van der Waals surface area contributed by atoms with Gasteiger partial charge in [0.2, 0.25) is 0 Å². The van der Waals surface area contributed by atoms with E-state index in [1.165, 1.54) is 45.4 Å². The van der Waals surface area contributed by atoms with Gasteiger partial charge in [0.1, 0.15) is 0 Å². The Bertz CT molecular complexity index is 908. The minimum Gasteiger partial charge on any atom is -0.0730 e. The van der Waals surface area contributed by atoms with Gasteiger partial charge in [0.15, 0.2) is 0 Å². The van der Waals surface area contributed by atoms with E-state index in [1.54, 1.807) is 0 Å². The summed E-state index contributed by atoms with van der Waals surface area (Å²) >= 11 is 0. The summed E-state index contributed by atoms with van der Waals surface area (Å²) in [6.45, 7) is 2.20. The monoisotopic (exact) mass is 322 g/mol. The highest BCUT2D eigenvalue weighted by Crippen LogP contribution is 2.29. The summed E-state index contributed by atoms with van der Waals surface area (Å²) in [6, 6.07) is 28.3. The minimum atomic E-state index is 1.15. The van der Waals surface area contributed by atoms with Crippen molar-refractivity contribution in [2.75, 3.05) is 0 Å². The van der Waals surface area contributed by atoms with Gasteiger partial charge >= 0.3 is 0 Å². The Morgan fingerprint density at radius 2 is 0.960 bits per heavy atom. The zero-order valence-electron chi connectivity index (χ0n) is 14.6. The summed E-state index contributed by atoms with van der Waals surface area (Å²) in [5.74, 6) is 0. The van der Waals surface area contributed by atoms with E-state index in [0.717, 1.165) is 6.42 Å². The highest BCUT2D eigenvalue weighted by molar-refractivity contribution is 5.74. The fraction of sp³-hybridized carbons (Fsp3) is 0.120. The van der Waals surface area contributed by atoms with Gasteiger partial charge in [-0.15, -0.1) is 0 Å².